The Morgan fingerprint density at radius 2 is 1.81 bits per heavy atom. The second kappa shape index (κ2) is 9.40. The average Bonchev–Trinajstić information content (AvgIpc) is 2.80. The van der Waals surface area contributed by atoms with Crippen molar-refractivity contribution in [2.24, 2.45) is 0 Å². The summed E-state index contributed by atoms with van der Waals surface area (Å²) in [6.45, 7) is 2.44. The van der Waals surface area contributed by atoms with Crippen LogP contribution in [0.3, 0.4) is 0 Å². The molecule has 0 aliphatic carbocycles. The van der Waals surface area contributed by atoms with Gasteiger partial charge in [0.1, 0.15) is 11.5 Å². The molecule has 0 atom stereocenters. The normalized spacial score (nSPS) is 13.7. The van der Waals surface area contributed by atoms with Crippen molar-refractivity contribution >= 4 is 50.9 Å². The minimum Gasteiger partial charge on any atom is -0.353 e. The van der Waals surface area contributed by atoms with Gasteiger partial charge in [0, 0.05) is 43.0 Å². The van der Waals surface area contributed by atoms with Crippen molar-refractivity contribution in [1.29, 1.82) is 0 Å². The summed E-state index contributed by atoms with van der Waals surface area (Å²) < 4.78 is 0.804. The fourth-order valence-electron chi connectivity index (χ4n) is 3.23. The minimum absolute atomic E-state index is 0.120. The maximum Gasteiger partial charge on any atom is 0.274 e. The van der Waals surface area contributed by atoms with E-state index >= 15 is 0 Å². The molecule has 0 saturated carbocycles. The number of rotatable bonds is 4. The Kier molecular flexibility index (Phi) is 6.43. The lowest BCUT2D eigenvalue weighted by atomic mass is 10.2. The van der Waals surface area contributed by atoms with Crippen LogP contribution >= 0.6 is 27.5 Å². The summed E-state index contributed by atoms with van der Waals surface area (Å²) in [6, 6.07) is 8.73. The monoisotopic (exact) mass is 500 g/mol. The molecule has 10 heteroatoms. The topological polar surface area (TPSA) is 91.3 Å². The fourth-order valence-corrected chi connectivity index (χ4v) is 3.99. The van der Waals surface area contributed by atoms with Crippen LogP contribution in [0.1, 0.15) is 20.8 Å². The first-order valence-corrected chi connectivity index (χ1v) is 10.7. The van der Waals surface area contributed by atoms with Crippen LogP contribution in [0.15, 0.2) is 59.6 Å². The number of amides is 2. The number of nitrogens with zero attached hydrogens (tertiary/aromatic N) is 5. The van der Waals surface area contributed by atoms with Crippen LogP contribution in [0.4, 0.5) is 11.5 Å². The molecule has 1 fully saturated rings. The number of halogens is 2. The highest BCUT2D eigenvalue weighted by molar-refractivity contribution is 9.10. The van der Waals surface area contributed by atoms with Crippen LogP contribution in [0.2, 0.25) is 5.02 Å². The zero-order chi connectivity index (χ0) is 21.8. The highest BCUT2D eigenvalue weighted by Gasteiger charge is 2.23. The molecular formula is C21H18BrClN6O2. The zero-order valence-corrected chi connectivity index (χ0v) is 18.7. The number of pyridine rings is 1. The molecule has 8 nitrogen and oxygen atoms in total. The van der Waals surface area contributed by atoms with Crippen LogP contribution in [0, 0.1) is 0 Å². The largest absolute Gasteiger partial charge is 0.353 e. The standard InChI is InChI=1S/C21H18BrClN6O2/c22-14-1-3-16(17(23)11-14)20(30)27-15-2-4-19(26-12-15)28-7-9-29(10-8-28)21(31)18-13-24-5-6-25-18/h1-6,11-13H,7-10H2,(H,27,30). The fraction of sp³-hybridized carbons (Fsp3) is 0.190. The molecule has 158 valence electrons. The van der Waals surface area contributed by atoms with Gasteiger partial charge in [-0.1, -0.05) is 27.5 Å². The molecule has 3 aromatic rings. The first kappa shape index (κ1) is 21.2. The van der Waals surface area contributed by atoms with E-state index in [0.717, 1.165) is 10.3 Å². The lowest BCUT2D eigenvalue weighted by molar-refractivity contribution is 0.0740. The zero-order valence-electron chi connectivity index (χ0n) is 16.3. The highest BCUT2D eigenvalue weighted by Crippen LogP contribution is 2.23. The molecule has 0 radical (unpaired) electrons. The molecule has 1 aliphatic heterocycles. The van der Waals surface area contributed by atoms with Crippen molar-refractivity contribution in [2.75, 3.05) is 36.4 Å². The van der Waals surface area contributed by atoms with Gasteiger partial charge in [-0.25, -0.2) is 9.97 Å². The van der Waals surface area contributed by atoms with E-state index in [-0.39, 0.29) is 11.8 Å². The maximum absolute atomic E-state index is 12.5. The molecule has 0 unspecified atom stereocenters. The minimum atomic E-state index is -0.303. The van der Waals surface area contributed by atoms with E-state index in [0.29, 0.717) is 48.1 Å². The number of anilines is 2. The van der Waals surface area contributed by atoms with Crippen molar-refractivity contribution in [3.05, 3.63) is 75.9 Å². The van der Waals surface area contributed by atoms with Crippen LogP contribution in [-0.2, 0) is 0 Å². The Labute approximate surface area is 192 Å². The second-order valence-corrected chi connectivity index (χ2v) is 8.18. The Hall–Kier alpha value is -3.04. The van der Waals surface area contributed by atoms with Crippen molar-refractivity contribution in [3.8, 4) is 0 Å². The van der Waals surface area contributed by atoms with Gasteiger partial charge in [0.15, 0.2) is 0 Å². The average molecular weight is 502 g/mol. The van der Waals surface area contributed by atoms with E-state index in [1.165, 1.54) is 12.4 Å². The lowest BCUT2D eigenvalue weighted by Gasteiger charge is -2.35. The second-order valence-electron chi connectivity index (χ2n) is 6.85. The summed E-state index contributed by atoms with van der Waals surface area (Å²) in [4.78, 5) is 41.3. The number of piperazine rings is 1. The molecule has 0 spiro atoms. The van der Waals surface area contributed by atoms with Gasteiger partial charge in [0.05, 0.1) is 28.7 Å². The molecule has 1 N–H and O–H groups in total. The smallest absolute Gasteiger partial charge is 0.274 e. The Bertz CT molecular complexity index is 1090. The van der Waals surface area contributed by atoms with Gasteiger partial charge < -0.3 is 15.1 Å². The number of aromatic nitrogens is 3. The Morgan fingerprint density at radius 1 is 1.00 bits per heavy atom. The highest BCUT2D eigenvalue weighted by atomic mass is 79.9. The van der Waals surface area contributed by atoms with E-state index in [9.17, 15) is 9.59 Å². The first-order chi connectivity index (χ1) is 15.0. The molecule has 1 aromatic carbocycles. The Balaban J connectivity index is 1.35. The van der Waals surface area contributed by atoms with Crippen molar-refractivity contribution in [2.45, 2.75) is 0 Å². The van der Waals surface area contributed by atoms with Crippen LogP contribution in [-0.4, -0.2) is 57.8 Å². The predicted molar refractivity (Wildman–Crippen MR) is 121 cm³/mol. The van der Waals surface area contributed by atoms with Crippen LogP contribution in [0.5, 0.6) is 0 Å². The molecule has 3 heterocycles. The van der Waals surface area contributed by atoms with Crippen molar-refractivity contribution in [1.82, 2.24) is 19.9 Å². The third kappa shape index (κ3) is 5.00. The Morgan fingerprint density at radius 3 is 2.45 bits per heavy atom. The molecule has 31 heavy (non-hydrogen) atoms. The third-order valence-electron chi connectivity index (χ3n) is 4.85. The van der Waals surface area contributed by atoms with E-state index < -0.39 is 0 Å². The number of benzene rings is 1. The summed E-state index contributed by atoms with van der Waals surface area (Å²) in [7, 11) is 0. The van der Waals surface area contributed by atoms with Gasteiger partial charge in [-0.3, -0.25) is 14.6 Å². The number of carbonyl (C=O) groups excluding carboxylic acids is 2. The number of hydrogen-bond donors (Lipinski definition) is 1. The van der Waals surface area contributed by atoms with E-state index in [1.807, 2.05) is 6.07 Å². The third-order valence-corrected chi connectivity index (χ3v) is 5.66. The molecule has 1 aliphatic rings. The molecule has 2 amide bonds. The quantitative estimate of drug-likeness (QED) is 0.588. The molecule has 0 bridgehead atoms. The van der Waals surface area contributed by atoms with E-state index in [1.54, 1.807) is 41.6 Å². The summed E-state index contributed by atoms with van der Waals surface area (Å²) in [6.07, 6.45) is 6.14. The summed E-state index contributed by atoms with van der Waals surface area (Å²) in [5.41, 5.74) is 1.31. The summed E-state index contributed by atoms with van der Waals surface area (Å²) in [5.74, 6) is 0.361. The predicted octanol–water partition coefficient (Wildman–Crippen LogP) is 3.50. The van der Waals surface area contributed by atoms with Gasteiger partial charge >= 0.3 is 0 Å². The maximum atomic E-state index is 12.5. The van der Waals surface area contributed by atoms with Gasteiger partial charge in [-0.15, -0.1) is 0 Å². The van der Waals surface area contributed by atoms with Crippen molar-refractivity contribution < 1.29 is 9.59 Å². The lowest BCUT2D eigenvalue weighted by Crippen LogP contribution is -2.49. The van der Waals surface area contributed by atoms with Crippen LogP contribution < -0.4 is 10.2 Å². The summed E-state index contributed by atoms with van der Waals surface area (Å²) >= 11 is 9.47. The van der Waals surface area contributed by atoms with Crippen molar-refractivity contribution in [3.63, 3.8) is 0 Å². The SMILES string of the molecule is O=C(Nc1ccc(N2CCN(C(=O)c3cnccn3)CC2)nc1)c1ccc(Br)cc1Cl. The number of hydrogen-bond acceptors (Lipinski definition) is 6. The van der Waals surface area contributed by atoms with Gasteiger partial charge in [0.25, 0.3) is 11.8 Å². The molecule has 1 saturated heterocycles. The molecule has 4 rings (SSSR count). The number of carbonyl (C=O) groups is 2. The van der Waals surface area contributed by atoms with Crippen LogP contribution in [0.25, 0.3) is 0 Å². The molecule has 2 aromatic heterocycles. The van der Waals surface area contributed by atoms with Gasteiger partial charge in [-0.2, -0.15) is 0 Å². The number of nitrogens with one attached hydrogen (secondary N) is 1. The molecular weight excluding hydrogens is 484 g/mol. The summed E-state index contributed by atoms with van der Waals surface area (Å²) in [5, 5.41) is 3.17. The van der Waals surface area contributed by atoms with E-state index in [2.05, 4.69) is 41.1 Å². The first-order valence-electron chi connectivity index (χ1n) is 9.54. The van der Waals surface area contributed by atoms with Gasteiger partial charge in [-0.05, 0) is 30.3 Å². The van der Waals surface area contributed by atoms with E-state index in [4.69, 9.17) is 11.6 Å². The van der Waals surface area contributed by atoms with Gasteiger partial charge in [0.2, 0.25) is 0 Å².